The minimum absolute atomic E-state index is 0.114. The van der Waals surface area contributed by atoms with Gasteiger partial charge in [-0.2, -0.15) is 9.90 Å². The summed E-state index contributed by atoms with van der Waals surface area (Å²) in [5.41, 5.74) is 3.97. The van der Waals surface area contributed by atoms with Crippen LogP contribution in [0.25, 0.3) is 11.4 Å². The van der Waals surface area contributed by atoms with E-state index in [-0.39, 0.29) is 19.1 Å². The number of hydrazone groups is 1. The number of methoxy groups -OCH3 is 1. The highest BCUT2D eigenvalue weighted by Gasteiger charge is 2.11. The lowest BCUT2D eigenvalue weighted by atomic mass is 10.2. The zero-order valence-electron chi connectivity index (χ0n) is 15.9. The molecule has 0 bridgehead atoms. The standard InChI is InChI=1S/C20H17IN6O3/c1-3-9-30-19-16(21)10-14(11-17(19)29-2)12-22-23-18(28)13-27-25-20(24-26-27)15-7-5-4-6-8-15/h1,4-8,10-12H,9,13H2,2H3,(H,23,28)/b22-12-. The van der Waals surface area contributed by atoms with E-state index in [2.05, 4.69) is 54.4 Å². The smallest absolute Gasteiger partial charge is 0.263 e. The summed E-state index contributed by atoms with van der Waals surface area (Å²) in [6.07, 6.45) is 6.73. The highest BCUT2D eigenvalue weighted by Crippen LogP contribution is 2.33. The number of amides is 1. The normalized spacial score (nSPS) is 10.6. The molecular weight excluding hydrogens is 499 g/mol. The van der Waals surface area contributed by atoms with Crippen molar-refractivity contribution in [2.24, 2.45) is 5.10 Å². The lowest BCUT2D eigenvalue weighted by Crippen LogP contribution is -2.24. The van der Waals surface area contributed by atoms with E-state index in [1.54, 1.807) is 6.07 Å². The summed E-state index contributed by atoms with van der Waals surface area (Å²) in [6.45, 7) is 0.0229. The number of ether oxygens (including phenoxy) is 2. The maximum atomic E-state index is 12.1. The van der Waals surface area contributed by atoms with Crippen LogP contribution < -0.4 is 14.9 Å². The van der Waals surface area contributed by atoms with Crippen molar-refractivity contribution < 1.29 is 14.3 Å². The van der Waals surface area contributed by atoms with Gasteiger partial charge < -0.3 is 9.47 Å². The number of aromatic nitrogens is 4. The van der Waals surface area contributed by atoms with Gasteiger partial charge in [0, 0.05) is 5.56 Å². The van der Waals surface area contributed by atoms with Crippen molar-refractivity contribution in [3.63, 3.8) is 0 Å². The molecule has 0 spiro atoms. The van der Waals surface area contributed by atoms with Crippen molar-refractivity contribution in [2.75, 3.05) is 13.7 Å². The van der Waals surface area contributed by atoms with Crippen LogP contribution in [0, 0.1) is 15.9 Å². The second kappa shape index (κ2) is 10.4. The summed E-state index contributed by atoms with van der Waals surface area (Å²) in [7, 11) is 1.53. The molecule has 10 heteroatoms. The molecule has 9 nitrogen and oxygen atoms in total. The van der Waals surface area contributed by atoms with Gasteiger partial charge in [0.25, 0.3) is 5.91 Å². The fraction of sp³-hybridized carbons (Fsp3) is 0.150. The van der Waals surface area contributed by atoms with Gasteiger partial charge in [0.15, 0.2) is 11.5 Å². The number of nitrogens with one attached hydrogen (secondary N) is 1. The van der Waals surface area contributed by atoms with E-state index in [1.165, 1.54) is 18.1 Å². The van der Waals surface area contributed by atoms with Gasteiger partial charge in [0.05, 0.1) is 16.9 Å². The summed E-state index contributed by atoms with van der Waals surface area (Å²) in [5.74, 6) is 3.55. The maximum Gasteiger partial charge on any atom is 0.263 e. The molecular formula is C20H17IN6O3. The first-order chi connectivity index (χ1) is 14.6. The summed E-state index contributed by atoms with van der Waals surface area (Å²) >= 11 is 2.11. The summed E-state index contributed by atoms with van der Waals surface area (Å²) in [5, 5.41) is 16.0. The Kier molecular flexibility index (Phi) is 7.34. The topological polar surface area (TPSA) is 104 Å². The zero-order valence-corrected chi connectivity index (χ0v) is 18.1. The van der Waals surface area contributed by atoms with Gasteiger partial charge in [0.2, 0.25) is 5.82 Å². The van der Waals surface area contributed by atoms with Crippen molar-refractivity contribution in [3.05, 3.63) is 51.6 Å². The average Bonchev–Trinajstić information content (AvgIpc) is 3.21. The van der Waals surface area contributed by atoms with E-state index in [9.17, 15) is 4.79 Å². The second-order valence-electron chi connectivity index (χ2n) is 5.83. The molecule has 0 fully saturated rings. The van der Waals surface area contributed by atoms with Crippen molar-refractivity contribution in [3.8, 4) is 35.2 Å². The van der Waals surface area contributed by atoms with Crippen molar-refractivity contribution in [1.82, 2.24) is 25.6 Å². The molecule has 0 saturated carbocycles. The molecule has 1 aromatic heterocycles. The monoisotopic (exact) mass is 516 g/mol. The molecule has 0 aliphatic heterocycles. The first-order valence-corrected chi connectivity index (χ1v) is 9.77. The van der Waals surface area contributed by atoms with Crippen LogP contribution in [0.15, 0.2) is 47.6 Å². The van der Waals surface area contributed by atoms with Crippen LogP contribution in [0.5, 0.6) is 11.5 Å². The summed E-state index contributed by atoms with van der Waals surface area (Å²) in [4.78, 5) is 13.3. The SMILES string of the molecule is C#CCOc1c(I)cc(/C=N\NC(=O)Cn2nnc(-c3ccccc3)n2)cc1OC. The summed E-state index contributed by atoms with van der Waals surface area (Å²) in [6, 6.07) is 12.9. The van der Waals surface area contributed by atoms with Crippen LogP contribution in [0.4, 0.5) is 0 Å². The Morgan fingerprint density at radius 1 is 1.37 bits per heavy atom. The Morgan fingerprint density at radius 2 is 2.17 bits per heavy atom. The van der Waals surface area contributed by atoms with E-state index in [4.69, 9.17) is 15.9 Å². The molecule has 0 radical (unpaired) electrons. The van der Waals surface area contributed by atoms with Gasteiger partial charge in [-0.25, -0.2) is 5.43 Å². The van der Waals surface area contributed by atoms with Gasteiger partial charge in [-0.05, 0) is 45.5 Å². The highest BCUT2D eigenvalue weighted by atomic mass is 127. The average molecular weight is 516 g/mol. The van der Waals surface area contributed by atoms with Gasteiger partial charge in [-0.15, -0.1) is 16.6 Å². The number of terminal acetylenes is 1. The fourth-order valence-electron chi connectivity index (χ4n) is 2.42. The van der Waals surface area contributed by atoms with Crippen molar-refractivity contribution in [1.29, 1.82) is 0 Å². The molecule has 3 rings (SSSR count). The number of hydrogen-bond donors (Lipinski definition) is 1. The molecule has 2 aromatic carbocycles. The minimum atomic E-state index is -0.390. The number of carbonyl (C=O) groups excluding carboxylic acids is 1. The van der Waals surface area contributed by atoms with Crippen LogP contribution in [-0.4, -0.2) is 46.0 Å². The molecule has 0 atom stereocenters. The zero-order chi connectivity index (χ0) is 21.3. The summed E-state index contributed by atoms with van der Waals surface area (Å²) < 4.78 is 11.6. The van der Waals surface area contributed by atoms with Crippen LogP contribution in [0.3, 0.4) is 0 Å². The van der Waals surface area contributed by atoms with Gasteiger partial charge in [-0.3, -0.25) is 4.79 Å². The van der Waals surface area contributed by atoms with E-state index in [0.717, 1.165) is 14.7 Å². The second-order valence-corrected chi connectivity index (χ2v) is 6.99. The lowest BCUT2D eigenvalue weighted by Gasteiger charge is -2.11. The third-order valence-corrected chi connectivity index (χ3v) is 4.53. The number of halogens is 1. The fourth-order valence-corrected chi connectivity index (χ4v) is 3.20. The molecule has 1 heterocycles. The highest BCUT2D eigenvalue weighted by molar-refractivity contribution is 14.1. The predicted octanol–water partition coefficient (Wildman–Crippen LogP) is 2.12. The molecule has 0 aliphatic rings. The molecule has 152 valence electrons. The van der Waals surface area contributed by atoms with E-state index >= 15 is 0 Å². The first-order valence-electron chi connectivity index (χ1n) is 8.69. The third kappa shape index (κ3) is 5.54. The van der Waals surface area contributed by atoms with E-state index in [0.29, 0.717) is 17.3 Å². The number of rotatable bonds is 8. The van der Waals surface area contributed by atoms with Crippen molar-refractivity contribution >= 4 is 34.7 Å². The molecule has 30 heavy (non-hydrogen) atoms. The molecule has 1 N–H and O–H groups in total. The predicted molar refractivity (Wildman–Crippen MR) is 119 cm³/mol. The number of benzene rings is 2. The molecule has 1 amide bonds. The Labute approximate surface area is 186 Å². The van der Waals surface area contributed by atoms with Gasteiger partial charge >= 0.3 is 0 Å². The third-order valence-electron chi connectivity index (χ3n) is 3.72. The van der Waals surface area contributed by atoms with E-state index in [1.807, 2.05) is 36.4 Å². The Hall–Kier alpha value is -3.46. The molecule has 0 aliphatic carbocycles. The maximum absolute atomic E-state index is 12.1. The van der Waals surface area contributed by atoms with Crippen LogP contribution in [0.2, 0.25) is 0 Å². The quantitative estimate of drug-likeness (QED) is 0.213. The minimum Gasteiger partial charge on any atom is -0.493 e. The van der Waals surface area contributed by atoms with Gasteiger partial charge in [-0.1, -0.05) is 36.3 Å². The Bertz CT molecular complexity index is 1090. The molecule has 0 saturated heterocycles. The molecule has 0 unspecified atom stereocenters. The van der Waals surface area contributed by atoms with Crippen LogP contribution in [0.1, 0.15) is 5.56 Å². The van der Waals surface area contributed by atoms with Crippen molar-refractivity contribution in [2.45, 2.75) is 6.54 Å². The Balaban J connectivity index is 1.60. The number of carbonyl (C=O) groups is 1. The number of tetrazole rings is 1. The first kappa shape index (κ1) is 21.3. The lowest BCUT2D eigenvalue weighted by molar-refractivity contribution is -0.122. The van der Waals surface area contributed by atoms with Crippen LogP contribution in [-0.2, 0) is 11.3 Å². The Morgan fingerprint density at radius 3 is 2.90 bits per heavy atom. The number of nitrogens with zero attached hydrogens (tertiary/aromatic N) is 5. The number of hydrogen-bond acceptors (Lipinski definition) is 7. The van der Waals surface area contributed by atoms with Gasteiger partial charge in [0.1, 0.15) is 13.2 Å². The molecule has 3 aromatic rings. The largest absolute Gasteiger partial charge is 0.493 e. The van der Waals surface area contributed by atoms with E-state index < -0.39 is 0 Å². The van der Waals surface area contributed by atoms with Crippen LogP contribution >= 0.6 is 22.6 Å².